The van der Waals surface area contributed by atoms with E-state index in [0.717, 1.165) is 0 Å². The lowest BCUT2D eigenvalue weighted by molar-refractivity contribution is -0.139. The van der Waals surface area contributed by atoms with Gasteiger partial charge < -0.3 is 4.42 Å². The normalized spacial score (nSPS) is 12.2. The summed E-state index contributed by atoms with van der Waals surface area (Å²) in [7, 11) is 0. The van der Waals surface area contributed by atoms with Crippen LogP contribution in [0.5, 0.6) is 0 Å². The van der Waals surface area contributed by atoms with E-state index in [0.29, 0.717) is 16.8 Å². The molecule has 0 saturated heterocycles. The van der Waals surface area contributed by atoms with Gasteiger partial charge in [-0.25, -0.2) is 4.98 Å². The zero-order chi connectivity index (χ0) is 18.6. The monoisotopic (exact) mass is 361 g/mol. The van der Waals surface area contributed by atoms with Crippen LogP contribution >= 0.6 is 0 Å². The van der Waals surface area contributed by atoms with Crippen molar-refractivity contribution in [1.29, 1.82) is 0 Å². The third-order valence-electron chi connectivity index (χ3n) is 4.07. The van der Waals surface area contributed by atoms with Gasteiger partial charge in [0.1, 0.15) is 22.6 Å². The van der Waals surface area contributed by atoms with Crippen molar-refractivity contribution in [3.8, 4) is 11.4 Å². The van der Waals surface area contributed by atoms with Crippen molar-refractivity contribution < 1.29 is 22.0 Å². The number of pyridine rings is 3. The molecular weight excluding hydrogens is 350 g/mol. The lowest BCUT2D eigenvalue weighted by Crippen LogP contribution is -2.13. The van der Waals surface area contributed by atoms with Crippen molar-refractivity contribution in [1.82, 2.24) is 15.0 Å². The summed E-state index contributed by atoms with van der Waals surface area (Å²) in [4.78, 5) is 11.7. The first-order valence-electron chi connectivity index (χ1n) is 7.66. The van der Waals surface area contributed by atoms with Gasteiger partial charge in [-0.1, -0.05) is 6.07 Å². The molecule has 4 rings (SSSR count). The highest BCUT2D eigenvalue weighted by Gasteiger charge is 2.39. The van der Waals surface area contributed by atoms with Crippen LogP contribution in [0.1, 0.15) is 17.0 Å². The van der Waals surface area contributed by atoms with Crippen LogP contribution in [0.25, 0.3) is 33.3 Å². The maximum atomic E-state index is 14.4. The van der Waals surface area contributed by atoms with E-state index in [-0.39, 0.29) is 22.4 Å². The average molecular weight is 361 g/mol. The minimum absolute atomic E-state index is 0.00822. The molecule has 8 heteroatoms. The molecule has 0 unspecified atom stereocenters. The van der Waals surface area contributed by atoms with Gasteiger partial charge in [0, 0.05) is 17.3 Å². The van der Waals surface area contributed by atoms with Crippen molar-refractivity contribution in [2.45, 2.75) is 20.0 Å². The Hall–Kier alpha value is -3.03. The SMILES string of the molecule is Cc1cc2c(C)nc3c(C(F)(F)F)c(F)nc(-c4ccccn4)c3c2o1. The van der Waals surface area contributed by atoms with Gasteiger partial charge in [-0.2, -0.15) is 17.6 Å². The zero-order valence-corrected chi connectivity index (χ0v) is 13.6. The second kappa shape index (κ2) is 5.48. The van der Waals surface area contributed by atoms with Gasteiger partial charge in [0.05, 0.1) is 16.6 Å². The summed E-state index contributed by atoms with van der Waals surface area (Å²) in [6.07, 6.45) is -3.50. The summed E-state index contributed by atoms with van der Waals surface area (Å²) in [5.41, 5.74) is -1.36. The zero-order valence-electron chi connectivity index (χ0n) is 13.6. The number of aryl methyl sites for hydroxylation is 2. The van der Waals surface area contributed by atoms with Gasteiger partial charge in [0.25, 0.3) is 0 Å². The van der Waals surface area contributed by atoms with E-state index >= 15 is 0 Å². The molecule has 0 saturated carbocycles. The predicted molar refractivity (Wildman–Crippen MR) is 87.0 cm³/mol. The van der Waals surface area contributed by atoms with E-state index in [1.807, 2.05) is 0 Å². The van der Waals surface area contributed by atoms with Crippen molar-refractivity contribution in [2.24, 2.45) is 0 Å². The Bertz CT molecular complexity index is 1150. The molecule has 4 heterocycles. The third kappa shape index (κ3) is 2.40. The van der Waals surface area contributed by atoms with Crippen LogP contribution in [0.2, 0.25) is 0 Å². The summed E-state index contributed by atoms with van der Waals surface area (Å²) in [5, 5.41) is 0.542. The number of hydrogen-bond acceptors (Lipinski definition) is 4. The molecule has 0 aliphatic rings. The molecule has 0 atom stereocenters. The summed E-state index contributed by atoms with van der Waals surface area (Å²) in [5.74, 6) is -1.14. The summed E-state index contributed by atoms with van der Waals surface area (Å²) < 4.78 is 60.5. The largest absolute Gasteiger partial charge is 0.461 e. The van der Waals surface area contributed by atoms with Crippen LogP contribution < -0.4 is 0 Å². The van der Waals surface area contributed by atoms with E-state index in [4.69, 9.17) is 4.42 Å². The molecule has 132 valence electrons. The summed E-state index contributed by atoms with van der Waals surface area (Å²) >= 11 is 0. The standard InChI is InChI=1S/C18H11F4N3O/c1-8-7-10-9(2)24-15-12(16(10)26-8)14(11-5-3-4-6-23-11)25-17(19)13(15)18(20,21)22/h3-7H,1-2H3. The second-order valence-electron chi connectivity index (χ2n) is 5.86. The molecule has 0 amide bonds. The van der Waals surface area contributed by atoms with Gasteiger partial charge in [-0.15, -0.1) is 0 Å². The van der Waals surface area contributed by atoms with E-state index in [1.54, 1.807) is 32.0 Å². The van der Waals surface area contributed by atoms with Gasteiger partial charge >= 0.3 is 6.18 Å². The van der Waals surface area contributed by atoms with E-state index < -0.39 is 23.2 Å². The van der Waals surface area contributed by atoms with Crippen LogP contribution in [0.4, 0.5) is 17.6 Å². The Morgan fingerprint density at radius 1 is 1.08 bits per heavy atom. The molecule has 0 bridgehead atoms. The predicted octanol–water partition coefficient (Wildman–Crippen LogP) is 5.21. The van der Waals surface area contributed by atoms with Crippen LogP contribution in [-0.2, 0) is 6.18 Å². The number of furan rings is 1. The number of fused-ring (bicyclic) bond motifs is 3. The van der Waals surface area contributed by atoms with Crippen molar-refractivity contribution in [3.05, 3.63) is 53.4 Å². The summed E-state index contributed by atoms with van der Waals surface area (Å²) in [6.45, 7) is 3.23. The van der Waals surface area contributed by atoms with Gasteiger partial charge in [0.2, 0.25) is 5.95 Å². The maximum Gasteiger partial charge on any atom is 0.422 e. The van der Waals surface area contributed by atoms with Crippen molar-refractivity contribution in [3.63, 3.8) is 0 Å². The fraction of sp³-hybridized carbons (Fsp3) is 0.167. The summed E-state index contributed by atoms with van der Waals surface area (Å²) in [6, 6.07) is 6.49. The number of aromatic nitrogens is 3. The minimum Gasteiger partial charge on any atom is -0.461 e. The van der Waals surface area contributed by atoms with Crippen molar-refractivity contribution in [2.75, 3.05) is 0 Å². The molecule has 4 aromatic heterocycles. The molecule has 0 aliphatic heterocycles. The average Bonchev–Trinajstić information content (AvgIpc) is 2.96. The van der Waals surface area contributed by atoms with Crippen LogP contribution in [0.15, 0.2) is 34.9 Å². The Kier molecular flexibility index (Phi) is 3.47. The Balaban J connectivity index is 2.28. The molecule has 4 aromatic rings. The highest BCUT2D eigenvalue weighted by Crippen LogP contribution is 2.41. The molecule has 0 spiro atoms. The minimum atomic E-state index is -4.95. The number of alkyl halides is 3. The fourth-order valence-corrected chi connectivity index (χ4v) is 3.01. The first-order chi connectivity index (χ1) is 12.3. The molecule has 4 nitrogen and oxygen atoms in total. The van der Waals surface area contributed by atoms with Crippen LogP contribution in [0, 0.1) is 19.8 Å². The Morgan fingerprint density at radius 2 is 1.85 bits per heavy atom. The molecule has 0 aliphatic carbocycles. The first-order valence-corrected chi connectivity index (χ1v) is 7.66. The van der Waals surface area contributed by atoms with Gasteiger partial charge in [-0.05, 0) is 32.0 Å². The molecule has 0 radical (unpaired) electrons. The Morgan fingerprint density at radius 3 is 2.50 bits per heavy atom. The van der Waals surface area contributed by atoms with Gasteiger partial charge in [0.15, 0.2) is 0 Å². The smallest absolute Gasteiger partial charge is 0.422 e. The highest BCUT2D eigenvalue weighted by atomic mass is 19.4. The third-order valence-corrected chi connectivity index (χ3v) is 4.07. The molecule has 0 N–H and O–H groups in total. The maximum absolute atomic E-state index is 14.4. The highest BCUT2D eigenvalue weighted by molar-refractivity contribution is 6.10. The number of hydrogen-bond donors (Lipinski definition) is 0. The van der Waals surface area contributed by atoms with E-state index in [2.05, 4.69) is 15.0 Å². The van der Waals surface area contributed by atoms with Crippen molar-refractivity contribution >= 4 is 21.9 Å². The van der Waals surface area contributed by atoms with E-state index in [9.17, 15) is 17.6 Å². The molecule has 0 fully saturated rings. The molecule has 26 heavy (non-hydrogen) atoms. The Labute approximate surface area is 144 Å². The van der Waals surface area contributed by atoms with Crippen LogP contribution in [0.3, 0.4) is 0 Å². The topological polar surface area (TPSA) is 51.8 Å². The number of rotatable bonds is 1. The van der Waals surface area contributed by atoms with Crippen LogP contribution in [-0.4, -0.2) is 15.0 Å². The lowest BCUT2D eigenvalue weighted by atomic mass is 10.0. The number of nitrogens with zero attached hydrogens (tertiary/aromatic N) is 3. The second-order valence-corrected chi connectivity index (χ2v) is 5.86. The molecule has 0 aromatic carbocycles. The molecular formula is C18H11F4N3O. The van der Waals surface area contributed by atoms with E-state index in [1.165, 1.54) is 12.3 Å². The fourth-order valence-electron chi connectivity index (χ4n) is 3.01. The number of halogens is 4. The quantitative estimate of drug-likeness (QED) is 0.345. The lowest BCUT2D eigenvalue weighted by Gasteiger charge is -2.14. The van der Waals surface area contributed by atoms with Gasteiger partial charge in [-0.3, -0.25) is 9.97 Å². The first kappa shape index (κ1) is 16.4.